The highest BCUT2D eigenvalue weighted by Crippen LogP contribution is 2.20. The van der Waals surface area contributed by atoms with Gasteiger partial charge in [0.2, 0.25) is 5.91 Å². The van der Waals surface area contributed by atoms with Crippen LogP contribution in [0.5, 0.6) is 0 Å². The highest BCUT2D eigenvalue weighted by Gasteiger charge is 2.27. The predicted molar refractivity (Wildman–Crippen MR) is 158 cm³/mol. The summed E-state index contributed by atoms with van der Waals surface area (Å²) in [6, 6.07) is 22.2. The number of ether oxygens (including phenoxy) is 2. The topological polar surface area (TPSA) is 110 Å². The molecule has 0 spiro atoms. The predicted octanol–water partition coefficient (Wildman–Crippen LogP) is 5.51. The van der Waals surface area contributed by atoms with E-state index in [1.54, 1.807) is 20.8 Å². The molecule has 41 heavy (non-hydrogen) atoms. The van der Waals surface area contributed by atoms with Gasteiger partial charge in [-0.05, 0) is 56.0 Å². The van der Waals surface area contributed by atoms with Crippen molar-refractivity contribution in [2.45, 2.75) is 65.3 Å². The van der Waals surface area contributed by atoms with Crippen LogP contribution in [0.25, 0.3) is 10.9 Å². The van der Waals surface area contributed by atoms with Crippen LogP contribution in [0.2, 0.25) is 0 Å². The number of esters is 1. The van der Waals surface area contributed by atoms with Crippen LogP contribution < -0.4 is 10.6 Å². The Morgan fingerprint density at radius 2 is 1.54 bits per heavy atom. The molecule has 1 aromatic heterocycles. The first-order valence-electron chi connectivity index (χ1n) is 13.7. The van der Waals surface area contributed by atoms with Gasteiger partial charge in [0.1, 0.15) is 18.2 Å². The van der Waals surface area contributed by atoms with Gasteiger partial charge in [0, 0.05) is 30.1 Å². The van der Waals surface area contributed by atoms with Gasteiger partial charge in [-0.15, -0.1) is 0 Å². The SMILES string of the molecule is Cc1ccc(CNC(=O)Cc2ccc(COC(=O)[C@H](Cc3c[nH]c4ccccc34)NC(=O)OC(C)(C)C)cc2)cc1. The van der Waals surface area contributed by atoms with Gasteiger partial charge in [0.25, 0.3) is 0 Å². The van der Waals surface area contributed by atoms with E-state index in [2.05, 4.69) is 15.6 Å². The van der Waals surface area contributed by atoms with Crippen LogP contribution in [-0.4, -0.2) is 34.6 Å². The number of hydrogen-bond acceptors (Lipinski definition) is 5. The molecule has 4 rings (SSSR count). The Kier molecular flexibility index (Phi) is 9.45. The van der Waals surface area contributed by atoms with E-state index in [4.69, 9.17) is 9.47 Å². The Morgan fingerprint density at radius 3 is 2.24 bits per heavy atom. The number of fused-ring (bicyclic) bond motifs is 1. The van der Waals surface area contributed by atoms with E-state index < -0.39 is 23.7 Å². The van der Waals surface area contributed by atoms with E-state index in [-0.39, 0.29) is 25.4 Å². The molecule has 0 radical (unpaired) electrons. The molecular formula is C33H37N3O5. The molecule has 0 aliphatic carbocycles. The van der Waals surface area contributed by atoms with E-state index >= 15 is 0 Å². The zero-order valence-corrected chi connectivity index (χ0v) is 24.0. The molecule has 1 atom stereocenters. The van der Waals surface area contributed by atoms with Crippen molar-refractivity contribution in [1.82, 2.24) is 15.6 Å². The van der Waals surface area contributed by atoms with Gasteiger partial charge >= 0.3 is 12.1 Å². The number of hydrogen-bond donors (Lipinski definition) is 3. The smallest absolute Gasteiger partial charge is 0.408 e. The lowest BCUT2D eigenvalue weighted by atomic mass is 10.0. The molecule has 0 aliphatic heterocycles. The third-order valence-electron chi connectivity index (χ3n) is 6.45. The van der Waals surface area contributed by atoms with Crippen molar-refractivity contribution in [3.05, 3.63) is 107 Å². The summed E-state index contributed by atoms with van der Waals surface area (Å²) in [6.45, 7) is 7.81. The summed E-state index contributed by atoms with van der Waals surface area (Å²) < 4.78 is 11.0. The maximum atomic E-state index is 13.1. The molecule has 4 aromatic rings. The fourth-order valence-corrected chi connectivity index (χ4v) is 4.33. The zero-order valence-electron chi connectivity index (χ0n) is 24.0. The minimum absolute atomic E-state index is 0.0269. The Labute approximate surface area is 240 Å². The average molecular weight is 556 g/mol. The molecule has 2 amide bonds. The summed E-state index contributed by atoms with van der Waals surface area (Å²) in [4.78, 5) is 41.3. The lowest BCUT2D eigenvalue weighted by Gasteiger charge is -2.23. The Bertz CT molecular complexity index is 1480. The van der Waals surface area contributed by atoms with E-state index in [0.29, 0.717) is 6.54 Å². The second kappa shape index (κ2) is 13.2. The van der Waals surface area contributed by atoms with Crippen molar-refractivity contribution in [3.8, 4) is 0 Å². The van der Waals surface area contributed by atoms with Crippen LogP contribution in [0.15, 0.2) is 79.0 Å². The van der Waals surface area contributed by atoms with Gasteiger partial charge in [-0.1, -0.05) is 72.3 Å². The van der Waals surface area contributed by atoms with E-state index in [0.717, 1.165) is 33.2 Å². The summed E-state index contributed by atoms with van der Waals surface area (Å²) in [5, 5.41) is 6.58. The number of carbonyl (C=O) groups is 3. The van der Waals surface area contributed by atoms with Gasteiger partial charge < -0.3 is 25.1 Å². The highest BCUT2D eigenvalue weighted by molar-refractivity contribution is 5.86. The number of rotatable bonds is 10. The second-order valence-electron chi connectivity index (χ2n) is 11.1. The lowest BCUT2D eigenvalue weighted by Crippen LogP contribution is -2.45. The second-order valence-corrected chi connectivity index (χ2v) is 11.1. The summed E-state index contributed by atoms with van der Waals surface area (Å²) in [7, 11) is 0. The molecule has 0 unspecified atom stereocenters. The first kappa shape index (κ1) is 29.4. The van der Waals surface area contributed by atoms with E-state index in [1.165, 1.54) is 5.56 Å². The van der Waals surface area contributed by atoms with Crippen molar-refractivity contribution in [3.63, 3.8) is 0 Å². The van der Waals surface area contributed by atoms with Crippen LogP contribution >= 0.6 is 0 Å². The van der Waals surface area contributed by atoms with E-state index in [1.807, 2.05) is 85.9 Å². The molecule has 214 valence electrons. The molecular weight excluding hydrogens is 518 g/mol. The maximum absolute atomic E-state index is 13.1. The number of benzene rings is 3. The molecule has 8 heteroatoms. The van der Waals surface area contributed by atoms with Crippen molar-refractivity contribution >= 4 is 28.9 Å². The molecule has 3 aromatic carbocycles. The highest BCUT2D eigenvalue weighted by atomic mass is 16.6. The van der Waals surface area contributed by atoms with Crippen LogP contribution in [0, 0.1) is 6.92 Å². The van der Waals surface area contributed by atoms with Crippen molar-refractivity contribution < 1.29 is 23.9 Å². The minimum Gasteiger partial charge on any atom is -0.459 e. The number of aromatic nitrogens is 1. The number of para-hydroxylation sites is 1. The fraction of sp³-hybridized carbons (Fsp3) is 0.303. The van der Waals surface area contributed by atoms with Crippen LogP contribution in [-0.2, 0) is 45.1 Å². The van der Waals surface area contributed by atoms with Gasteiger partial charge in [0.05, 0.1) is 6.42 Å². The third-order valence-corrected chi connectivity index (χ3v) is 6.45. The van der Waals surface area contributed by atoms with Crippen LogP contribution in [0.4, 0.5) is 4.79 Å². The Morgan fingerprint density at radius 1 is 0.878 bits per heavy atom. The molecule has 0 fully saturated rings. The average Bonchev–Trinajstić information content (AvgIpc) is 3.33. The fourth-order valence-electron chi connectivity index (χ4n) is 4.33. The largest absolute Gasteiger partial charge is 0.459 e. The summed E-state index contributed by atoms with van der Waals surface area (Å²) in [5.74, 6) is -0.640. The van der Waals surface area contributed by atoms with Crippen molar-refractivity contribution in [2.75, 3.05) is 0 Å². The number of alkyl carbamates (subject to hydrolysis) is 1. The molecule has 0 saturated heterocycles. The first-order valence-corrected chi connectivity index (χ1v) is 13.7. The standard InChI is InChI=1S/C33H37N3O5/c1-22-9-11-24(12-10-22)19-35-30(37)17-23-13-15-25(16-14-23)21-40-31(38)29(36-32(39)41-33(2,3)4)18-26-20-34-28-8-6-5-7-27(26)28/h5-16,20,29,34H,17-19,21H2,1-4H3,(H,35,37)(H,36,39)/t29-/m0/s1. The van der Waals surface area contributed by atoms with Gasteiger partial charge in [-0.3, -0.25) is 4.79 Å². The number of nitrogens with one attached hydrogen (secondary N) is 3. The third kappa shape index (κ3) is 8.96. The lowest BCUT2D eigenvalue weighted by molar-refractivity contribution is -0.147. The van der Waals surface area contributed by atoms with Crippen molar-refractivity contribution in [1.29, 1.82) is 0 Å². The summed E-state index contributed by atoms with van der Waals surface area (Å²) in [5.41, 5.74) is 4.95. The molecule has 1 heterocycles. The number of H-pyrrole nitrogens is 1. The van der Waals surface area contributed by atoms with Gasteiger partial charge in [0.15, 0.2) is 0 Å². The molecule has 3 N–H and O–H groups in total. The first-order chi connectivity index (χ1) is 19.6. The monoisotopic (exact) mass is 555 g/mol. The Balaban J connectivity index is 1.33. The van der Waals surface area contributed by atoms with Crippen LogP contribution in [0.1, 0.15) is 48.6 Å². The van der Waals surface area contributed by atoms with Gasteiger partial charge in [-0.2, -0.15) is 0 Å². The summed E-state index contributed by atoms with van der Waals surface area (Å²) >= 11 is 0. The number of carbonyl (C=O) groups excluding carboxylic acids is 3. The van der Waals surface area contributed by atoms with Gasteiger partial charge in [-0.25, -0.2) is 9.59 Å². The normalized spacial score (nSPS) is 12.0. The van der Waals surface area contributed by atoms with Crippen molar-refractivity contribution in [2.24, 2.45) is 0 Å². The zero-order chi connectivity index (χ0) is 29.4. The van der Waals surface area contributed by atoms with E-state index in [9.17, 15) is 14.4 Å². The maximum Gasteiger partial charge on any atom is 0.408 e. The molecule has 8 nitrogen and oxygen atoms in total. The Hall–Kier alpha value is -4.59. The minimum atomic E-state index is -0.944. The molecule has 0 saturated carbocycles. The molecule has 0 aliphatic rings. The summed E-state index contributed by atoms with van der Waals surface area (Å²) in [6.07, 6.45) is 1.62. The van der Waals surface area contributed by atoms with Crippen LogP contribution in [0.3, 0.4) is 0 Å². The quantitative estimate of drug-likeness (QED) is 0.224. The number of aromatic amines is 1. The number of aryl methyl sites for hydroxylation is 1. The molecule has 0 bridgehead atoms. The number of amides is 2.